The first-order chi connectivity index (χ1) is 14.0. The highest BCUT2D eigenvalue weighted by Crippen LogP contribution is 2.28. The molecule has 156 valence electrons. The summed E-state index contributed by atoms with van der Waals surface area (Å²) < 4.78 is 11.8. The summed E-state index contributed by atoms with van der Waals surface area (Å²) in [5, 5.41) is 2.95. The second-order valence-electron chi connectivity index (χ2n) is 7.63. The van der Waals surface area contributed by atoms with Gasteiger partial charge in [0.2, 0.25) is 0 Å². The van der Waals surface area contributed by atoms with Gasteiger partial charge in [-0.15, -0.1) is 0 Å². The third kappa shape index (κ3) is 5.56. The van der Waals surface area contributed by atoms with Crippen LogP contribution in [-0.2, 0) is 0 Å². The summed E-state index contributed by atoms with van der Waals surface area (Å²) in [6.45, 7) is 6.53. The van der Waals surface area contributed by atoms with Crippen LogP contribution in [-0.4, -0.2) is 50.8 Å². The summed E-state index contributed by atoms with van der Waals surface area (Å²) in [5.41, 5.74) is 2.21. The average molecular weight is 398 g/mol. The van der Waals surface area contributed by atoms with Gasteiger partial charge in [-0.25, -0.2) is 4.79 Å². The van der Waals surface area contributed by atoms with Crippen molar-refractivity contribution in [3.05, 3.63) is 54.1 Å². The van der Waals surface area contributed by atoms with Gasteiger partial charge in [-0.3, -0.25) is 0 Å². The van der Waals surface area contributed by atoms with Gasteiger partial charge in [0.05, 0.1) is 25.7 Å². The predicted octanol–water partition coefficient (Wildman–Crippen LogP) is 4.08. The van der Waals surface area contributed by atoms with Gasteiger partial charge >= 0.3 is 6.03 Å². The van der Waals surface area contributed by atoms with Crippen LogP contribution in [0, 0.1) is 0 Å². The quantitative estimate of drug-likeness (QED) is 0.729. The number of hydrogen-bond acceptors (Lipinski definition) is 4. The summed E-state index contributed by atoms with van der Waals surface area (Å²) >= 11 is 0. The molecule has 3 rings (SSSR count). The lowest BCUT2D eigenvalue weighted by Crippen LogP contribution is -2.54. The van der Waals surface area contributed by atoms with E-state index in [-0.39, 0.29) is 18.2 Å². The molecule has 29 heavy (non-hydrogen) atoms. The smallest absolute Gasteiger partial charge is 0.317 e. The number of urea groups is 1. The first-order valence-electron chi connectivity index (χ1n) is 10.2. The molecule has 0 radical (unpaired) electrons. The van der Waals surface area contributed by atoms with E-state index in [1.54, 1.807) is 14.1 Å². The SMILES string of the molecule is CCCOc1cccc(N2CC(Oc3ccc([C@H](C)NC(=O)N(C)C)cc3)C2)c1. The van der Waals surface area contributed by atoms with Crippen molar-refractivity contribution in [1.29, 1.82) is 0 Å². The van der Waals surface area contributed by atoms with Gasteiger partial charge in [-0.2, -0.15) is 0 Å². The molecule has 1 N–H and O–H groups in total. The predicted molar refractivity (Wildman–Crippen MR) is 116 cm³/mol. The van der Waals surface area contributed by atoms with Crippen LogP contribution in [0.5, 0.6) is 11.5 Å². The summed E-state index contributed by atoms with van der Waals surface area (Å²) in [6, 6.07) is 16.0. The molecule has 2 amide bonds. The average Bonchev–Trinajstić information content (AvgIpc) is 2.69. The van der Waals surface area contributed by atoms with E-state index in [4.69, 9.17) is 9.47 Å². The summed E-state index contributed by atoms with van der Waals surface area (Å²) in [7, 11) is 3.46. The molecule has 2 aromatic carbocycles. The minimum Gasteiger partial charge on any atom is -0.494 e. The van der Waals surface area contributed by atoms with E-state index >= 15 is 0 Å². The third-order valence-electron chi connectivity index (χ3n) is 4.93. The van der Waals surface area contributed by atoms with Crippen LogP contribution in [0.25, 0.3) is 0 Å². The Morgan fingerprint density at radius 3 is 2.55 bits per heavy atom. The van der Waals surface area contributed by atoms with Crippen LogP contribution in [0.4, 0.5) is 10.5 Å². The van der Waals surface area contributed by atoms with Gasteiger partial charge in [-0.1, -0.05) is 25.1 Å². The van der Waals surface area contributed by atoms with Crippen LogP contribution < -0.4 is 19.7 Å². The van der Waals surface area contributed by atoms with E-state index in [2.05, 4.69) is 29.3 Å². The molecular weight excluding hydrogens is 366 g/mol. The number of hydrogen-bond donors (Lipinski definition) is 1. The lowest BCUT2D eigenvalue weighted by molar-refractivity contribution is 0.167. The molecule has 6 heteroatoms. The first kappa shape index (κ1) is 20.8. The Hall–Kier alpha value is -2.89. The Bertz CT molecular complexity index is 801. The number of nitrogens with one attached hydrogen (secondary N) is 1. The zero-order valence-corrected chi connectivity index (χ0v) is 17.7. The third-order valence-corrected chi connectivity index (χ3v) is 4.93. The van der Waals surface area contributed by atoms with Crippen molar-refractivity contribution >= 4 is 11.7 Å². The van der Waals surface area contributed by atoms with Crippen LogP contribution >= 0.6 is 0 Å². The molecule has 1 saturated heterocycles. The Balaban J connectivity index is 1.48. The molecule has 0 spiro atoms. The number of nitrogens with zero attached hydrogens (tertiary/aromatic N) is 2. The molecule has 6 nitrogen and oxygen atoms in total. The van der Waals surface area contributed by atoms with Crippen LogP contribution in [0.15, 0.2) is 48.5 Å². The number of rotatable bonds is 8. The van der Waals surface area contributed by atoms with E-state index in [1.807, 2.05) is 43.3 Å². The lowest BCUT2D eigenvalue weighted by atomic mass is 10.1. The topological polar surface area (TPSA) is 54.0 Å². The fourth-order valence-corrected chi connectivity index (χ4v) is 3.14. The molecule has 2 aromatic rings. The van der Waals surface area contributed by atoms with Crippen molar-refractivity contribution in [2.75, 3.05) is 38.7 Å². The number of carbonyl (C=O) groups is 1. The lowest BCUT2D eigenvalue weighted by Gasteiger charge is -2.40. The molecule has 0 saturated carbocycles. The van der Waals surface area contributed by atoms with Crippen molar-refractivity contribution in [2.24, 2.45) is 0 Å². The largest absolute Gasteiger partial charge is 0.494 e. The highest BCUT2D eigenvalue weighted by molar-refractivity contribution is 5.74. The molecular formula is C23H31N3O3. The maximum absolute atomic E-state index is 11.8. The maximum Gasteiger partial charge on any atom is 0.317 e. The van der Waals surface area contributed by atoms with E-state index in [9.17, 15) is 4.79 Å². The van der Waals surface area contributed by atoms with Gasteiger partial charge in [0.1, 0.15) is 17.6 Å². The fourth-order valence-electron chi connectivity index (χ4n) is 3.14. The number of ether oxygens (including phenoxy) is 2. The minimum atomic E-state index is -0.100. The monoisotopic (exact) mass is 397 g/mol. The summed E-state index contributed by atoms with van der Waals surface area (Å²) in [4.78, 5) is 15.6. The Morgan fingerprint density at radius 1 is 1.17 bits per heavy atom. The van der Waals surface area contributed by atoms with E-state index in [1.165, 1.54) is 10.6 Å². The zero-order valence-electron chi connectivity index (χ0n) is 17.7. The van der Waals surface area contributed by atoms with Crippen LogP contribution in [0.1, 0.15) is 31.9 Å². The fraction of sp³-hybridized carbons (Fsp3) is 0.435. The summed E-state index contributed by atoms with van der Waals surface area (Å²) in [6.07, 6.45) is 1.18. The second-order valence-corrected chi connectivity index (χ2v) is 7.63. The van der Waals surface area contributed by atoms with E-state index in [0.717, 1.165) is 43.2 Å². The maximum atomic E-state index is 11.8. The summed E-state index contributed by atoms with van der Waals surface area (Å²) in [5.74, 6) is 1.77. The van der Waals surface area contributed by atoms with Gasteiger partial charge in [-0.05, 0) is 43.2 Å². The molecule has 1 aliphatic rings. The molecule has 1 heterocycles. The number of anilines is 1. The van der Waals surface area contributed by atoms with Gasteiger partial charge < -0.3 is 24.6 Å². The second kappa shape index (κ2) is 9.54. The highest BCUT2D eigenvalue weighted by Gasteiger charge is 2.29. The normalized spacial score (nSPS) is 14.7. The standard InChI is InChI=1S/C23H31N3O3/c1-5-13-28-21-8-6-7-19(14-21)26-15-22(16-26)29-20-11-9-18(10-12-20)17(2)24-23(27)25(3)4/h6-12,14,17,22H,5,13,15-16H2,1-4H3,(H,24,27)/t17-/m0/s1. The molecule has 0 unspecified atom stereocenters. The van der Waals surface area contributed by atoms with Crippen molar-refractivity contribution in [1.82, 2.24) is 10.2 Å². The highest BCUT2D eigenvalue weighted by atomic mass is 16.5. The molecule has 1 atom stereocenters. The van der Waals surface area contributed by atoms with Crippen molar-refractivity contribution in [3.8, 4) is 11.5 Å². The van der Waals surface area contributed by atoms with E-state index < -0.39 is 0 Å². The number of carbonyl (C=O) groups excluding carboxylic acids is 1. The van der Waals surface area contributed by atoms with Gasteiger partial charge in [0, 0.05) is 25.8 Å². The Morgan fingerprint density at radius 2 is 1.90 bits per heavy atom. The number of amides is 2. The van der Waals surface area contributed by atoms with Crippen LogP contribution in [0.3, 0.4) is 0 Å². The van der Waals surface area contributed by atoms with Crippen LogP contribution in [0.2, 0.25) is 0 Å². The molecule has 0 bridgehead atoms. The van der Waals surface area contributed by atoms with E-state index in [0.29, 0.717) is 0 Å². The zero-order chi connectivity index (χ0) is 20.8. The molecule has 0 aliphatic carbocycles. The van der Waals surface area contributed by atoms with Crippen molar-refractivity contribution < 1.29 is 14.3 Å². The Labute approximate surface area is 173 Å². The van der Waals surface area contributed by atoms with Crippen molar-refractivity contribution in [2.45, 2.75) is 32.4 Å². The van der Waals surface area contributed by atoms with Crippen molar-refractivity contribution in [3.63, 3.8) is 0 Å². The first-order valence-corrected chi connectivity index (χ1v) is 10.2. The Kier molecular flexibility index (Phi) is 6.86. The molecule has 1 fully saturated rings. The minimum absolute atomic E-state index is 0.0552. The number of benzene rings is 2. The molecule has 1 aliphatic heterocycles. The molecule has 0 aromatic heterocycles. The van der Waals surface area contributed by atoms with Gasteiger partial charge in [0.25, 0.3) is 0 Å². The van der Waals surface area contributed by atoms with Gasteiger partial charge in [0.15, 0.2) is 0 Å².